The Labute approximate surface area is 171 Å². The summed E-state index contributed by atoms with van der Waals surface area (Å²) in [5, 5.41) is 44.0. The second-order valence-corrected chi connectivity index (χ2v) is 10.6. The number of nitrogens with zero attached hydrogens (tertiary/aromatic N) is 1. The second-order valence-electron chi connectivity index (χ2n) is 10.6. The number of carbonyl (C=O) groups is 1. The van der Waals surface area contributed by atoms with Crippen LogP contribution in [0.4, 0.5) is 0 Å². The Balaban J connectivity index is 1.52. The van der Waals surface area contributed by atoms with Gasteiger partial charge in [0.25, 0.3) is 0 Å². The van der Waals surface area contributed by atoms with Crippen LogP contribution in [0.3, 0.4) is 0 Å². The predicted molar refractivity (Wildman–Crippen MR) is 103 cm³/mol. The molecule has 0 bridgehead atoms. The third kappa shape index (κ3) is 2.30. The fraction of sp³-hybridized carbons (Fsp3) is 0.826. The van der Waals surface area contributed by atoms with Gasteiger partial charge < -0.3 is 20.1 Å². The van der Waals surface area contributed by atoms with Crippen molar-refractivity contribution < 1.29 is 24.9 Å². The summed E-state index contributed by atoms with van der Waals surface area (Å²) in [6.45, 7) is 2.47. The maximum Gasteiger partial charge on any atom is 0.331 e. The molecule has 6 heteroatoms. The highest BCUT2D eigenvalue weighted by atomic mass is 16.5. The van der Waals surface area contributed by atoms with Gasteiger partial charge in [-0.2, -0.15) is 5.26 Å². The number of hydrogen-bond donors (Lipinski definition) is 3. The van der Waals surface area contributed by atoms with E-state index < -0.39 is 22.7 Å². The van der Waals surface area contributed by atoms with Crippen LogP contribution < -0.4 is 0 Å². The molecule has 0 aromatic rings. The minimum atomic E-state index is -1.17. The van der Waals surface area contributed by atoms with Crippen molar-refractivity contribution in [1.29, 1.82) is 5.26 Å². The third-order valence-corrected chi connectivity index (χ3v) is 9.75. The maximum absolute atomic E-state index is 12.1. The summed E-state index contributed by atoms with van der Waals surface area (Å²) < 4.78 is 5.16. The van der Waals surface area contributed by atoms with Gasteiger partial charge in [0.15, 0.2) is 0 Å². The monoisotopic (exact) mass is 401 g/mol. The van der Waals surface area contributed by atoms with Crippen molar-refractivity contribution in [2.24, 2.45) is 28.6 Å². The zero-order chi connectivity index (χ0) is 20.7. The van der Waals surface area contributed by atoms with Crippen molar-refractivity contribution >= 4 is 5.97 Å². The smallest absolute Gasteiger partial charge is 0.331 e. The molecule has 6 nitrogen and oxygen atoms in total. The summed E-state index contributed by atoms with van der Waals surface area (Å²) in [4.78, 5) is 11.6. The Morgan fingerprint density at radius 2 is 1.86 bits per heavy atom. The van der Waals surface area contributed by atoms with Gasteiger partial charge in [0.05, 0.1) is 28.8 Å². The maximum atomic E-state index is 12.1. The Kier molecular flexibility index (Phi) is 4.08. The zero-order valence-corrected chi connectivity index (χ0v) is 17.1. The van der Waals surface area contributed by atoms with E-state index >= 15 is 0 Å². The van der Waals surface area contributed by atoms with Gasteiger partial charge in [-0.15, -0.1) is 0 Å². The van der Waals surface area contributed by atoms with E-state index in [0.717, 1.165) is 24.8 Å². The number of nitriles is 1. The minimum Gasteiger partial charge on any atom is -0.458 e. The van der Waals surface area contributed by atoms with Crippen molar-refractivity contribution in [2.45, 2.75) is 82.0 Å². The van der Waals surface area contributed by atoms with Gasteiger partial charge in [0.2, 0.25) is 0 Å². The van der Waals surface area contributed by atoms with Crippen molar-refractivity contribution in [3.8, 4) is 6.07 Å². The van der Waals surface area contributed by atoms with Crippen LogP contribution in [0.2, 0.25) is 0 Å². The molecule has 29 heavy (non-hydrogen) atoms. The summed E-state index contributed by atoms with van der Waals surface area (Å²) in [5.41, 5.74) is -2.33. The number of hydrogen-bond acceptors (Lipinski definition) is 6. The number of fused-ring (bicyclic) bond motifs is 5. The Hall–Kier alpha value is -1.42. The van der Waals surface area contributed by atoms with Gasteiger partial charge in [-0.25, -0.2) is 4.79 Å². The molecule has 3 N–H and O–H groups in total. The third-order valence-electron chi connectivity index (χ3n) is 9.75. The molecule has 0 aromatic carbocycles. The molecule has 8 atom stereocenters. The lowest BCUT2D eigenvalue weighted by Gasteiger charge is -2.64. The van der Waals surface area contributed by atoms with E-state index in [9.17, 15) is 25.4 Å². The largest absolute Gasteiger partial charge is 0.458 e. The highest BCUT2D eigenvalue weighted by Crippen LogP contribution is 2.70. The fourth-order valence-corrected chi connectivity index (χ4v) is 8.27. The van der Waals surface area contributed by atoms with Gasteiger partial charge in [-0.1, -0.05) is 6.92 Å². The van der Waals surface area contributed by atoms with Crippen molar-refractivity contribution in [1.82, 2.24) is 0 Å². The Morgan fingerprint density at radius 1 is 1.10 bits per heavy atom. The molecule has 0 unspecified atom stereocenters. The number of carbonyl (C=O) groups excluding carboxylic acids is 1. The second kappa shape index (κ2) is 6.06. The average Bonchev–Trinajstić information content (AvgIpc) is 3.21. The summed E-state index contributed by atoms with van der Waals surface area (Å²) in [6, 6.07) is 2.51. The standard InChI is InChI=1S/C23H31NO5/c1-20-6-3-17-18(4-8-22(27)11-15(25)2-7-21(17,22)13-24)23(20,28)9-5-16(20)14-10-19(26)29-12-14/h10,15-18,25,27-28H,2-9,11-12H2,1H3/t15-,16+,17-,18+,20-,21+,22+,23+/m1/s1. The Morgan fingerprint density at radius 3 is 2.55 bits per heavy atom. The van der Waals surface area contributed by atoms with Crippen LogP contribution in [0.1, 0.15) is 64.7 Å². The average molecular weight is 402 g/mol. The lowest BCUT2D eigenvalue weighted by atomic mass is 9.41. The van der Waals surface area contributed by atoms with E-state index in [1.165, 1.54) is 0 Å². The van der Waals surface area contributed by atoms with Crippen LogP contribution in [0.5, 0.6) is 0 Å². The van der Waals surface area contributed by atoms with Crippen LogP contribution in [0.25, 0.3) is 0 Å². The fourth-order valence-electron chi connectivity index (χ4n) is 8.27. The molecule has 1 aliphatic heterocycles. The summed E-state index contributed by atoms with van der Waals surface area (Å²) >= 11 is 0. The summed E-state index contributed by atoms with van der Waals surface area (Å²) in [6.07, 6.45) is 6.48. The molecule has 0 spiro atoms. The lowest BCUT2D eigenvalue weighted by molar-refractivity contribution is -0.242. The minimum absolute atomic E-state index is 0.0416. The molecular weight excluding hydrogens is 370 g/mol. The number of esters is 1. The molecule has 5 aliphatic rings. The van der Waals surface area contributed by atoms with E-state index in [1.807, 2.05) is 0 Å². The first-order valence-corrected chi connectivity index (χ1v) is 11.1. The molecule has 4 fully saturated rings. The molecule has 4 saturated carbocycles. The van der Waals surface area contributed by atoms with Gasteiger partial charge in [-0.05, 0) is 74.7 Å². The topological polar surface area (TPSA) is 111 Å². The van der Waals surface area contributed by atoms with Gasteiger partial charge in [0.1, 0.15) is 6.61 Å². The first-order valence-electron chi connectivity index (χ1n) is 11.1. The molecule has 0 amide bonds. The van der Waals surface area contributed by atoms with E-state index in [-0.39, 0.29) is 35.6 Å². The van der Waals surface area contributed by atoms with E-state index in [0.29, 0.717) is 38.7 Å². The molecule has 0 aromatic heterocycles. The van der Waals surface area contributed by atoms with E-state index in [4.69, 9.17) is 4.74 Å². The van der Waals surface area contributed by atoms with Crippen LogP contribution in [0, 0.1) is 39.9 Å². The van der Waals surface area contributed by atoms with E-state index in [2.05, 4.69) is 13.0 Å². The van der Waals surface area contributed by atoms with Crippen molar-refractivity contribution in [3.63, 3.8) is 0 Å². The molecule has 158 valence electrons. The SMILES string of the molecule is C[C@]12CC[C@@H]3[C@H](CC[C@]4(O)C[C@H](O)CC[C@]34C#N)[C@@]1(O)CC[C@H]2C1=CC(=O)OC1. The molecule has 4 aliphatic carbocycles. The first kappa shape index (κ1) is 19.5. The first-order chi connectivity index (χ1) is 13.7. The number of aliphatic hydroxyl groups is 3. The number of aliphatic hydroxyl groups excluding tert-OH is 1. The highest BCUT2D eigenvalue weighted by Gasteiger charge is 2.71. The number of ether oxygens (including phenoxy) is 1. The normalized spacial score (nSPS) is 53.9. The quantitative estimate of drug-likeness (QED) is 0.581. The van der Waals surface area contributed by atoms with E-state index in [1.54, 1.807) is 6.08 Å². The molecule has 0 saturated heterocycles. The zero-order valence-electron chi connectivity index (χ0n) is 17.1. The summed E-state index contributed by atoms with van der Waals surface area (Å²) in [7, 11) is 0. The van der Waals surface area contributed by atoms with Gasteiger partial charge in [-0.3, -0.25) is 0 Å². The van der Waals surface area contributed by atoms with Gasteiger partial charge >= 0.3 is 5.97 Å². The van der Waals surface area contributed by atoms with Crippen molar-refractivity contribution in [2.75, 3.05) is 6.61 Å². The predicted octanol–water partition coefficient (Wildman–Crippen LogP) is 2.22. The lowest BCUT2D eigenvalue weighted by Crippen LogP contribution is -2.67. The molecule has 1 heterocycles. The van der Waals surface area contributed by atoms with Crippen LogP contribution >= 0.6 is 0 Å². The van der Waals surface area contributed by atoms with Crippen LogP contribution in [-0.2, 0) is 9.53 Å². The molecule has 5 rings (SSSR count). The summed E-state index contributed by atoms with van der Waals surface area (Å²) in [5.74, 6) is -0.280. The number of rotatable bonds is 1. The Bertz CT molecular complexity index is 819. The van der Waals surface area contributed by atoms with Crippen LogP contribution in [0.15, 0.2) is 11.6 Å². The number of cyclic esters (lactones) is 1. The van der Waals surface area contributed by atoms with Gasteiger partial charge in [0, 0.05) is 17.9 Å². The van der Waals surface area contributed by atoms with Crippen molar-refractivity contribution in [3.05, 3.63) is 11.6 Å². The molecule has 0 radical (unpaired) electrons. The van der Waals surface area contributed by atoms with Crippen LogP contribution in [-0.4, -0.2) is 45.2 Å². The highest BCUT2D eigenvalue weighted by molar-refractivity contribution is 5.85. The molecular formula is C23H31NO5.